The first-order valence-corrected chi connectivity index (χ1v) is 7.45. The van der Waals surface area contributed by atoms with Gasteiger partial charge in [0.15, 0.2) is 5.82 Å². The molecule has 0 radical (unpaired) electrons. The number of nitrogens with zero attached hydrogens (tertiary/aromatic N) is 4. The van der Waals surface area contributed by atoms with Crippen LogP contribution in [0.4, 0.5) is 11.8 Å². The maximum atomic E-state index is 5.82. The Kier molecular flexibility index (Phi) is 5.99. The van der Waals surface area contributed by atoms with Crippen molar-refractivity contribution in [3.8, 4) is 0 Å². The van der Waals surface area contributed by atoms with E-state index in [1.54, 1.807) is 13.3 Å². The zero-order valence-electron chi connectivity index (χ0n) is 13.7. The van der Waals surface area contributed by atoms with Gasteiger partial charge in [-0.15, -0.1) is 0 Å². The van der Waals surface area contributed by atoms with Crippen molar-refractivity contribution >= 4 is 36.3 Å². The fraction of sp³-hybridized carbons (Fsp3) is 0.312. The average molecular weight is 346 g/mol. The minimum Gasteiger partial charge on any atom is -0.383 e. The van der Waals surface area contributed by atoms with Crippen LogP contribution in [0.1, 0.15) is 12.6 Å². The van der Waals surface area contributed by atoms with Gasteiger partial charge in [0, 0.05) is 25.5 Å². The summed E-state index contributed by atoms with van der Waals surface area (Å²) in [5.74, 6) is 0.957. The molecule has 8 heteroatoms. The van der Waals surface area contributed by atoms with E-state index in [-0.39, 0.29) is 25.5 Å². The molecule has 3 heterocycles. The summed E-state index contributed by atoms with van der Waals surface area (Å²) in [6.07, 6.45) is 3.76. The van der Waals surface area contributed by atoms with E-state index >= 15 is 0 Å². The van der Waals surface area contributed by atoms with Gasteiger partial charge in [-0.25, -0.2) is 4.98 Å². The van der Waals surface area contributed by atoms with Crippen molar-refractivity contribution in [1.82, 2.24) is 19.5 Å². The Morgan fingerprint density at radius 1 is 1.29 bits per heavy atom. The van der Waals surface area contributed by atoms with Gasteiger partial charge in [-0.3, -0.25) is 4.98 Å². The monoisotopic (exact) mass is 346 g/mol. The molecule has 0 aromatic carbocycles. The molecule has 0 aliphatic heterocycles. The van der Waals surface area contributed by atoms with Crippen LogP contribution in [0.3, 0.4) is 0 Å². The van der Waals surface area contributed by atoms with Gasteiger partial charge in [0.1, 0.15) is 5.52 Å². The molecule has 0 aliphatic rings. The predicted octanol–water partition coefficient (Wildman–Crippen LogP) is 2.02. The van der Waals surface area contributed by atoms with Gasteiger partial charge >= 0.3 is 0 Å². The Morgan fingerprint density at radius 3 is 2.83 bits per heavy atom. The van der Waals surface area contributed by atoms with Gasteiger partial charge in [0.2, 0.25) is 5.95 Å². The van der Waals surface area contributed by atoms with Crippen LogP contribution in [0, 0.1) is 0 Å². The molecule has 0 amide bonds. The van der Waals surface area contributed by atoms with Gasteiger partial charge in [-0.05, 0) is 25.1 Å². The zero-order chi connectivity index (χ0) is 16.2. The number of rotatable bonds is 6. The highest BCUT2D eigenvalue weighted by Crippen LogP contribution is 2.24. The molecule has 1 atom stereocenters. The summed E-state index contributed by atoms with van der Waals surface area (Å²) in [6, 6.07) is 7.91. The normalized spacial score (nSPS) is 11.9. The lowest BCUT2D eigenvalue weighted by Crippen LogP contribution is -2.22. The van der Waals surface area contributed by atoms with Crippen LogP contribution in [-0.2, 0) is 11.3 Å². The number of aromatic nitrogens is 4. The van der Waals surface area contributed by atoms with E-state index in [1.165, 1.54) is 0 Å². The molecular formula is C16H22N6OS. The van der Waals surface area contributed by atoms with Gasteiger partial charge in [0.05, 0.1) is 24.4 Å². The Bertz CT molecular complexity index is 792. The number of nitrogens with two attached hydrogens (primary N) is 1. The van der Waals surface area contributed by atoms with Gasteiger partial charge in [-0.1, -0.05) is 6.07 Å². The van der Waals surface area contributed by atoms with Crippen LogP contribution in [-0.4, -0.2) is 39.3 Å². The van der Waals surface area contributed by atoms with E-state index < -0.39 is 0 Å². The first-order valence-electron chi connectivity index (χ1n) is 7.45. The van der Waals surface area contributed by atoms with Crippen LogP contribution in [0.25, 0.3) is 11.0 Å². The highest BCUT2D eigenvalue weighted by Gasteiger charge is 2.14. The standard InChI is InChI=1S/C16H20N6O.H2S/c1-11(10-23-2)19-15-14-13(20-16(17)21-15)6-8-22(14)9-12-5-3-4-7-18-12;/h3-8,11H,9-10H2,1-2H3,(H3,17,19,20,21);1H2/t11-;/m0./s1. The number of methoxy groups -OCH3 is 1. The van der Waals surface area contributed by atoms with E-state index in [4.69, 9.17) is 10.5 Å². The topological polar surface area (TPSA) is 90.9 Å². The summed E-state index contributed by atoms with van der Waals surface area (Å²) >= 11 is 0. The van der Waals surface area contributed by atoms with Gasteiger partial charge in [-0.2, -0.15) is 18.5 Å². The number of nitrogen functional groups attached to an aromatic ring is 1. The Hall–Kier alpha value is -2.32. The van der Waals surface area contributed by atoms with Crippen LogP contribution in [0.15, 0.2) is 36.7 Å². The maximum absolute atomic E-state index is 5.82. The van der Waals surface area contributed by atoms with Crippen molar-refractivity contribution < 1.29 is 4.74 Å². The summed E-state index contributed by atoms with van der Waals surface area (Å²) in [6.45, 7) is 3.25. The number of hydrogen-bond acceptors (Lipinski definition) is 6. The van der Waals surface area contributed by atoms with Crippen LogP contribution < -0.4 is 11.1 Å². The van der Waals surface area contributed by atoms with Crippen molar-refractivity contribution in [1.29, 1.82) is 0 Å². The minimum atomic E-state index is 0. The fourth-order valence-corrected chi connectivity index (χ4v) is 2.55. The summed E-state index contributed by atoms with van der Waals surface area (Å²) in [5.41, 5.74) is 8.51. The third-order valence-corrected chi connectivity index (χ3v) is 3.49. The van der Waals surface area contributed by atoms with Gasteiger partial charge in [0.25, 0.3) is 0 Å². The molecule has 3 rings (SSSR count). The smallest absolute Gasteiger partial charge is 0.222 e. The van der Waals surface area contributed by atoms with E-state index in [0.29, 0.717) is 19.0 Å². The molecule has 0 aliphatic carbocycles. The maximum Gasteiger partial charge on any atom is 0.222 e. The lowest BCUT2D eigenvalue weighted by Gasteiger charge is -2.16. The summed E-state index contributed by atoms with van der Waals surface area (Å²) in [5, 5.41) is 3.34. The second kappa shape index (κ2) is 7.98. The Labute approximate surface area is 147 Å². The summed E-state index contributed by atoms with van der Waals surface area (Å²) in [4.78, 5) is 13.0. The number of ether oxygens (including phenoxy) is 1. The second-order valence-electron chi connectivity index (χ2n) is 5.43. The minimum absolute atomic E-state index is 0. The van der Waals surface area contributed by atoms with Crippen molar-refractivity contribution in [3.63, 3.8) is 0 Å². The summed E-state index contributed by atoms with van der Waals surface area (Å²) < 4.78 is 7.24. The molecule has 0 bridgehead atoms. The zero-order valence-corrected chi connectivity index (χ0v) is 14.7. The molecule has 0 unspecified atom stereocenters. The molecule has 0 saturated carbocycles. The number of pyridine rings is 1. The van der Waals surface area contributed by atoms with Crippen LogP contribution >= 0.6 is 13.5 Å². The number of anilines is 2. The highest BCUT2D eigenvalue weighted by molar-refractivity contribution is 7.59. The fourth-order valence-electron chi connectivity index (χ4n) is 2.55. The van der Waals surface area contributed by atoms with Crippen LogP contribution in [0.5, 0.6) is 0 Å². The van der Waals surface area contributed by atoms with Crippen LogP contribution in [0.2, 0.25) is 0 Å². The molecule has 0 spiro atoms. The number of nitrogens with one attached hydrogen (secondary N) is 1. The third kappa shape index (κ3) is 3.95. The van der Waals surface area contributed by atoms with E-state index in [2.05, 4.69) is 24.8 Å². The molecule has 0 fully saturated rings. The SMILES string of the molecule is COC[C@H](C)Nc1nc(N)nc2ccn(Cc3ccccn3)c12.S. The first kappa shape index (κ1) is 18.0. The third-order valence-electron chi connectivity index (χ3n) is 3.49. The van der Waals surface area contributed by atoms with Gasteiger partial charge < -0.3 is 20.4 Å². The van der Waals surface area contributed by atoms with E-state index in [9.17, 15) is 0 Å². The average Bonchev–Trinajstić information content (AvgIpc) is 2.91. The quantitative estimate of drug-likeness (QED) is 0.709. The van der Waals surface area contributed by atoms with Crippen molar-refractivity contribution in [2.75, 3.05) is 24.8 Å². The Balaban J connectivity index is 0.00000208. The highest BCUT2D eigenvalue weighted by atomic mass is 32.1. The first-order chi connectivity index (χ1) is 11.2. The molecule has 3 aromatic heterocycles. The predicted molar refractivity (Wildman–Crippen MR) is 101 cm³/mol. The molecule has 3 aromatic rings. The second-order valence-corrected chi connectivity index (χ2v) is 5.43. The molecule has 7 nitrogen and oxygen atoms in total. The lowest BCUT2D eigenvalue weighted by molar-refractivity contribution is 0.190. The summed E-state index contributed by atoms with van der Waals surface area (Å²) in [7, 11) is 1.67. The molecule has 3 N–H and O–H groups in total. The molecule has 24 heavy (non-hydrogen) atoms. The lowest BCUT2D eigenvalue weighted by atomic mass is 10.3. The number of hydrogen-bond donors (Lipinski definition) is 2. The van der Waals surface area contributed by atoms with Crippen molar-refractivity contribution in [3.05, 3.63) is 42.4 Å². The van der Waals surface area contributed by atoms with Crippen molar-refractivity contribution in [2.24, 2.45) is 0 Å². The molecule has 0 saturated heterocycles. The van der Waals surface area contributed by atoms with E-state index in [0.717, 1.165) is 16.7 Å². The molecular weight excluding hydrogens is 324 g/mol. The van der Waals surface area contributed by atoms with E-state index in [1.807, 2.05) is 37.4 Å². The number of fused-ring (bicyclic) bond motifs is 1. The van der Waals surface area contributed by atoms with Crippen molar-refractivity contribution in [2.45, 2.75) is 19.5 Å². The largest absolute Gasteiger partial charge is 0.383 e. The Morgan fingerprint density at radius 2 is 2.12 bits per heavy atom. The molecule has 128 valence electrons.